The summed E-state index contributed by atoms with van der Waals surface area (Å²) in [5, 5.41) is 3.46. The van der Waals surface area contributed by atoms with Crippen LogP contribution in [0.5, 0.6) is 11.6 Å². The van der Waals surface area contributed by atoms with Crippen molar-refractivity contribution in [2.75, 3.05) is 0 Å². The number of pyridine rings is 1. The van der Waals surface area contributed by atoms with Crippen LogP contribution < -0.4 is 4.74 Å². The highest BCUT2D eigenvalue weighted by atomic mass is 16.5. The van der Waals surface area contributed by atoms with Gasteiger partial charge in [-0.25, -0.2) is 15.0 Å². The summed E-state index contributed by atoms with van der Waals surface area (Å²) in [6.07, 6.45) is 7.64. The van der Waals surface area contributed by atoms with Gasteiger partial charge < -0.3 is 9.72 Å². The smallest absolute Gasteiger partial charge is 0.217 e. The van der Waals surface area contributed by atoms with Crippen molar-refractivity contribution in [1.29, 1.82) is 0 Å². The lowest BCUT2D eigenvalue weighted by atomic mass is 9.61. The molecule has 0 amide bonds. The number of hydrogen-bond donors (Lipinski definition) is 1. The summed E-state index contributed by atoms with van der Waals surface area (Å²) in [5.74, 6) is 3.40. The summed E-state index contributed by atoms with van der Waals surface area (Å²) in [6, 6.07) is 19.6. The molecule has 8 rings (SSSR count). The molecule has 0 aliphatic carbocycles. The van der Waals surface area contributed by atoms with Gasteiger partial charge in [-0.1, -0.05) is 91.8 Å². The third-order valence-electron chi connectivity index (χ3n) is 10.6. The van der Waals surface area contributed by atoms with Crippen LogP contribution in [0.1, 0.15) is 89.6 Å². The maximum Gasteiger partial charge on any atom is 0.217 e. The topological polar surface area (TPSA) is 73.0 Å². The van der Waals surface area contributed by atoms with Gasteiger partial charge in [0.1, 0.15) is 11.4 Å². The van der Waals surface area contributed by atoms with Gasteiger partial charge in [0, 0.05) is 45.9 Å². The van der Waals surface area contributed by atoms with E-state index in [9.17, 15) is 0 Å². The number of nitrogens with one attached hydrogen (secondary N) is 1. The Kier molecular flexibility index (Phi) is 6.08. The fraction of sp³-hybridized carbons (Fsp3) is 0.308. The Balaban J connectivity index is 1.21. The van der Waals surface area contributed by atoms with E-state index in [0.717, 1.165) is 22.6 Å². The van der Waals surface area contributed by atoms with E-state index >= 15 is 0 Å². The highest BCUT2D eigenvalue weighted by Crippen LogP contribution is 2.51. The zero-order chi connectivity index (χ0) is 32.1. The molecular weight excluding hydrogens is 568 g/mol. The van der Waals surface area contributed by atoms with Gasteiger partial charge in [-0.3, -0.25) is 8.97 Å². The van der Waals surface area contributed by atoms with E-state index in [1.165, 1.54) is 44.4 Å². The molecule has 0 atom stereocenters. The molecule has 7 nitrogen and oxygen atoms in total. The first-order chi connectivity index (χ1) is 22.0. The van der Waals surface area contributed by atoms with E-state index in [2.05, 4.69) is 124 Å². The van der Waals surface area contributed by atoms with E-state index in [4.69, 9.17) is 19.7 Å². The van der Waals surface area contributed by atoms with Gasteiger partial charge in [0.25, 0.3) is 0 Å². The van der Waals surface area contributed by atoms with Crippen molar-refractivity contribution in [2.45, 2.75) is 78.1 Å². The maximum atomic E-state index is 6.42. The number of para-hydroxylation sites is 2. The number of fused-ring (bicyclic) bond motifs is 3. The molecule has 46 heavy (non-hydrogen) atoms. The Labute approximate surface area is 269 Å². The van der Waals surface area contributed by atoms with Crippen molar-refractivity contribution in [2.24, 2.45) is 0 Å². The third-order valence-corrected chi connectivity index (χ3v) is 10.6. The van der Waals surface area contributed by atoms with Crippen LogP contribution in [-0.4, -0.2) is 28.9 Å². The normalized spacial score (nSPS) is 15.3. The minimum Gasteiger partial charge on any atom is -0.439 e. The zero-order valence-corrected chi connectivity index (χ0v) is 27.8. The van der Waals surface area contributed by atoms with Gasteiger partial charge in [-0.05, 0) is 52.1 Å². The summed E-state index contributed by atoms with van der Waals surface area (Å²) in [5.41, 5.74) is 8.39. The summed E-state index contributed by atoms with van der Waals surface area (Å²) in [6.45, 7) is 18.3. The minimum atomic E-state index is -0.0981. The van der Waals surface area contributed by atoms with Crippen LogP contribution in [-0.2, 0) is 10.8 Å². The molecule has 7 aromatic rings. The minimum absolute atomic E-state index is 0.0491. The lowest BCUT2D eigenvalue weighted by Gasteiger charge is -2.45. The molecule has 1 aliphatic heterocycles. The predicted molar refractivity (Wildman–Crippen MR) is 186 cm³/mol. The van der Waals surface area contributed by atoms with Gasteiger partial charge in [-0.2, -0.15) is 0 Å². The van der Waals surface area contributed by atoms with E-state index in [1.54, 1.807) is 6.20 Å². The van der Waals surface area contributed by atoms with Crippen molar-refractivity contribution in [3.63, 3.8) is 0 Å². The van der Waals surface area contributed by atoms with E-state index in [0.29, 0.717) is 23.5 Å². The van der Waals surface area contributed by atoms with Crippen molar-refractivity contribution in [1.82, 2.24) is 28.9 Å². The molecule has 0 saturated heterocycles. The first-order valence-electron chi connectivity index (χ1n) is 16.3. The molecule has 232 valence electrons. The second kappa shape index (κ2) is 9.79. The highest BCUT2D eigenvalue weighted by molar-refractivity contribution is 6.13. The molecule has 5 heterocycles. The maximum absolute atomic E-state index is 6.42. The van der Waals surface area contributed by atoms with Gasteiger partial charge >= 0.3 is 0 Å². The van der Waals surface area contributed by atoms with Crippen LogP contribution in [0, 0.1) is 0 Å². The third kappa shape index (κ3) is 3.87. The molecule has 1 aliphatic rings. The summed E-state index contributed by atoms with van der Waals surface area (Å²) < 4.78 is 10.9. The number of imidazole rings is 3. The molecule has 3 aromatic carbocycles. The monoisotopic (exact) mass is 608 g/mol. The van der Waals surface area contributed by atoms with Crippen LogP contribution in [0.15, 0.2) is 79.4 Å². The van der Waals surface area contributed by atoms with E-state index in [1.807, 2.05) is 18.5 Å². The molecule has 0 radical (unpaired) electrons. The molecule has 4 aromatic heterocycles. The molecule has 0 unspecified atom stereocenters. The Hall–Kier alpha value is -4.91. The number of ether oxygens (including phenoxy) is 1. The van der Waals surface area contributed by atoms with Crippen LogP contribution in [0.4, 0.5) is 0 Å². The Bertz CT molecular complexity index is 2290. The first kappa shape index (κ1) is 28.6. The van der Waals surface area contributed by atoms with Gasteiger partial charge in [0.05, 0.1) is 17.4 Å². The van der Waals surface area contributed by atoms with Gasteiger partial charge in [0.15, 0.2) is 11.6 Å². The lowest BCUT2D eigenvalue weighted by molar-refractivity contribution is 0.288. The van der Waals surface area contributed by atoms with E-state index in [-0.39, 0.29) is 10.8 Å². The van der Waals surface area contributed by atoms with Crippen molar-refractivity contribution < 1.29 is 4.74 Å². The molecule has 0 spiro atoms. The van der Waals surface area contributed by atoms with Crippen LogP contribution in [0.2, 0.25) is 0 Å². The van der Waals surface area contributed by atoms with Gasteiger partial charge in [-0.15, -0.1) is 0 Å². The SMILES string of the molecule is CC(C)c1cccc(C(C)C)c1-n1ccnc1-c1ncc(Oc2ccc3c(c2)c2ncc4n2c2c(cccc32)C(C)(C)C4(C)C)[nH]1. The van der Waals surface area contributed by atoms with Crippen molar-refractivity contribution in [3.8, 4) is 29.0 Å². The van der Waals surface area contributed by atoms with Crippen LogP contribution in [0.25, 0.3) is 44.7 Å². The van der Waals surface area contributed by atoms with Crippen LogP contribution >= 0.6 is 0 Å². The number of rotatable bonds is 6. The predicted octanol–water partition coefficient (Wildman–Crippen LogP) is 9.82. The largest absolute Gasteiger partial charge is 0.439 e. The molecule has 0 fully saturated rings. The first-order valence-corrected chi connectivity index (χ1v) is 16.3. The summed E-state index contributed by atoms with van der Waals surface area (Å²) in [4.78, 5) is 17.8. The average molecular weight is 609 g/mol. The average Bonchev–Trinajstić information content (AvgIpc) is 3.80. The number of aromatic amines is 1. The number of benzene rings is 3. The number of hydrogen-bond acceptors (Lipinski definition) is 4. The molecule has 0 bridgehead atoms. The van der Waals surface area contributed by atoms with Crippen molar-refractivity contribution >= 4 is 27.3 Å². The Morgan fingerprint density at radius 3 is 2.24 bits per heavy atom. The number of nitrogens with zero attached hydrogens (tertiary/aromatic N) is 5. The number of aromatic nitrogens is 6. The fourth-order valence-corrected chi connectivity index (χ4v) is 7.42. The fourth-order valence-electron chi connectivity index (χ4n) is 7.42. The number of H-pyrrole nitrogens is 1. The summed E-state index contributed by atoms with van der Waals surface area (Å²) >= 11 is 0. The van der Waals surface area contributed by atoms with E-state index < -0.39 is 0 Å². The zero-order valence-electron chi connectivity index (χ0n) is 27.8. The Morgan fingerprint density at radius 1 is 0.761 bits per heavy atom. The molecular formula is C39H40N6O. The van der Waals surface area contributed by atoms with Crippen LogP contribution in [0.3, 0.4) is 0 Å². The quantitative estimate of drug-likeness (QED) is 0.191. The van der Waals surface area contributed by atoms with Gasteiger partial charge in [0.2, 0.25) is 5.88 Å². The second-order valence-corrected chi connectivity index (χ2v) is 14.4. The second-order valence-electron chi connectivity index (χ2n) is 14.4. The van der Waals surface area contributed by atoms with Crippen molar-refractivity contribution in [3.05, 3.63) is 102 Å². The molecule has 1 N–H and O–H groups in total. The molecule has 0 saturated carbocycles. The Morgan fingerprint density at radius 2 is 1.50 bits per heavy atom. The molecule has 7 heteroatoms. The highest BCUT2D eigenvalue weighted by Gasteiger charge is 2.46. The standard InChI is InChI=1S/C39H40N6O/c1-22(2)25-11-9-12-26(23(3)4)33(25)44-18-17-40-37(44)35-41-21-32(43-35)46-24-15-16-27-28-13-10-14-30-34(28)45-31(39(7,8)38(30,5)6)20-42-36(45)29(27)19-24/h9-23H,1-8H3,(H,41,43). The lowest BCUT2D eigenvalue weighted by Crippen LogP contribution is -2.44. The summed E-state index contributed by atoms with van der Waals surface area (Å²) in [7, 11) is 0.